The van der Waals surface area contributed by atoms with Gasteiger partial charge in [-0.2, -0.15) is 0 Å². The molecule has 0 fully saturated rings. The SMILES string of the molecule is C=CCCCOc1nc(-c2cc3c(c(OCCCC=C)n2)CCCC3)cc2c1CCCC2. The maximum absolute atomic E-state index is 6.18. The Kier molecular flexibility index (Phi) is 7.97. The van der Waals surface area contributed by atoms with Crippen LogP contribution in [0, 0.1) is 0 Å². The van der Waals surface area contributed by atoms with Crippen LogP contribution in [0.15, 0.2) is 37.4 Å². The van der Waals surface area contributed by atoms with E-state index in [0.29, 0.717) is 13.2 Å². The van der Waals surface area contributed by atoms with Crippen LogP contribution in [0.4, 0.5) is 0 Å². The number of ether oxygens (including phenoxy) is 2. The summed E-state index contributed by atoms with van der Waals surface area (Å²) in [6.45, 7) is 8.96. The average Bonchev–Trinajstić information content (AvgIpc) is 2.84. The molecule has 4 rings (SSSR count). The first kappa shape index (κ1) is 22.6. The van der Waals surface area contributed by atoms with Gasteiger partial charge in [0.05, 0.1) is 24.6 Å². The zero-order valence-electron chi connectivity index (χ0n) is 19.3. The van der Waals surface area contributed by atoms with Crippen LogP contribution < -0.4 is 9.47 Å². The van der Waals surface area contributed by atoms with Gasteiger partial charge in [0.25, 0.3) is 0 Å². The monoisotopic (exact) mass is 432 g/mol. The lowest BCUT2D eigenvalue weighted by molar-refractivity contribution is 0.294. The van der Waals surface area contributed by atoms with Crippen molar-refractivity contribution in [1.29, 1.82) is 0 Å². The van der Waals surface area contributed by atoms with Gasteiger partial charge in [-0.25, -0.2) is 9.97 Å². The van der Waals surface area contributed by atoms with Crippen molar-refractivity contribution in [2.45, 2.75) is 77.0 Å². The summed E-state index contributed by atoms with van der Waals surface area (Å²) in [6.07, 6.45) is 16.9. The standard InChI is InChI=1S/C28H36N2O2/c1-3-5-11-17-31-27-23-15-9-7-13-21(23)19-25(29-27)26-20-22-14-8-10-16-24(22)28(30-26)32-18-12-6-4-2/h3-4,19-20H,1-2,5-18H2. The number of nitrogens with zero attached hydrogens (tertiary/aromatic N) is 2. The minimum absolute atomic E-state index is 0.671. The third-order valence-corrected chi connectivity index (χ3v) is 6.45. The summed E-state index contributed by atoms with van der Waals surface area (Å²) in [7, 11) is 0. The minimum atomic E-state index is 0.671. The Bertz CT molecular complexity index is 873. The highest BCUT2D eigenvalue weighted by Crippen LogP contribution is 2.35. The van der Waals surface area contributed by atoms with E-state index in [-0.39, 0.29) is 0 Å². The van der Waals surface area contributed by atoms with Gasteiger partial charge in [-0.15, -0.1) is 13.2 Å². The molecule has 170 valence electrons. The molecular weight excluding hydrogens is 396 g/mol. The first-order valence-electron chi connectivity index (χ1n) is 12.3. The molecule has 0 bridgehead atoms. The Morgan fingerprint density at radius 2 is 1.12 bits per heavy atom. The lowest BCUT2D eigenvalue weighted by atomic mass is 9.90. The van der Waals surface area contributed by atoms with Crippen molar-refractivity contribution in [3.05, 3.63) is 59.7 Å². The summed E-state index contributed by atoms with van der Waals surface area (Å²) in [6, 6.07) is 4.48. The quantitative estimate of drug-likeness (QED) is 0.297. The summed E-state index contributed by atoms with van der Waals surface area (Å²) in [5.41, 5.74) is 7.14. The molecule has 0 unspecified atom stereocenters. The molecule has 0 aromatic carbocycles. The molecule has 2 heterocycles. The van der Waals surface area contributed by atoms with Crippen molar-refractivity contribution in [3.8, 4) is 23.1 Å². The van der Waals surface area contributed by atoms with E-state index in [4.69, 9.17) is 19.4 Å². The number of hydrogen-bond acceptors (Lipinski definition) is 4. The summed E-state index contributed by atoms with van der Waals surface area (Å²) in [4.78, 5) is 9.95. The van der Waals surface area contributed by atoms with E-state index in [9.17, 15) is 0 Å². The van der Waals surface area contributed by atoms with E-state index < -0.39 is 0 Å². The van der Waals surface area contributed by atoms with Gasteiger partial charge in [0.2, 0.25) is 11.8 Å². The van der Waals surface area contributed by atoms with E-state index in [0.717, 1.165) is 74.5 Å². The molecular formula is C28H36N2O2. The zero-order chi connectivity index (χ0) is 22.2. The predicted molar refractivity (Wildman–Crippen MR) is 131 cm³/mol. The van der Waals surface area contributed by atoms with Gasteiger partial charge in [0, 0.05) is 11.1 Å². The predicted octanol–water partition coefficient (Wildman–Crippen LogP) is 6.59. The third-order valence-electron chi connectivity index (χ3n) is 6.45. The summed E-state index contributed by atoms with van der Waals surface area (Å²) < 4.78 is 12.4. The van der Waals surface area contributed by atoms with E-state index in [2.05, 4.69) is 25.3 Å². The minimum Gasteiger partial charge on any atom is -0.477 e. The van der Waals surface area contributed by atoms with Crippen molar-refractivity contribution >= 4 is 0 Å². The van der Waals surface area contributed by atoms with Crippen LogP contribution in [0.3, 0.4) is 0 Å². The molecule has 0 radical (unpaired) electrons. The van der Waals surface area contributed by atoms with E-state index >= 15 is 0 Å². The highest BCUT2D eigenvalue weighted by atomic mass is 16.5. The Balaban J connectivity index is 1.66. The molecule has 0 aliphatic heterocycles. The average molecular weight is 433 g/mol. The lowest BCUT2D eigenvalue weighted by Crippen LogP contribution is -2.12. The number of fused-ring (bicyclic) bond motifs is 2. The molecule has 0 amide bonds. The molecule has 0 atom stereocenters. The van der Waals surface area contributed by atoms with Crippen LogP contribution in [-0.4, -0.2) is 23.2 Å². The fourth-order valence-electron chi connectivity index (χ4n) is 4.71. The Hall–Kier alpha value is -2.62. The first-order chi connectivity index (χ1) is 15.8. The maximum Gasteiger partial charge on any atom is 0.217 e. The Morgan fingerprint density at radius 1 is 0.688 bits per heavy atom. The summed E-state index contributed by atoms with van der Waals surface area (Å²) in [5, 5.41) is 0. The van der Waals surface area contributed by atoms with Crippen molar-refractivity contribution < 1.29 is 9.47 Å². The van der Waals surface area contributed by atoms with E-state index in [1.807, 2.05) is 12.2 Å². The normalized spacial score (nSPS) is 14.9. The van der Waals surface area contributed by atoms with Crippen LogP contribution in [-0.2, 0) is 25.7 Å². The largest absolute Gasteiger partial charge is 0.477 e. The van der Waals surface area contributed by atoms with Crippen molar-refractivity contribution in [2.24, 2.45) is 0 Å². The van der Waals surface area contributed by atoms with Gasteiger partial charge in [-0.3, -0.25) is 0 Å². The summed E-state index contributed by atoms with van der Waals surface area (Å²) >= 11 is 0. The van der Waals surface area contributed by atoms with Gasteiger partial charge in [-0.1, -0.05) is 12.2 Å². The molecule has 2 aromatic heterocycles. The third kappa shape index (κ3) is 5.40. The van der Waals surface area contributed by atoms with Crippen LogP contribution in [0.5, 0.6) is 11.8 Å². The van der Waals surface area contributed by atoms with Crippen molar-refractivity contribution in [3.63, 3.8) is 0 Å². The Labute approximate surface area is 192 Å². The molecule has 32 heavy (non-hydrogen) atoms. The van der Waals surface area contributed by atoms with Crippen LogP contribution in [0.25, 0.3) is 11.4 Å². The highest BCUT2D eigenvalue weighted by Gasteiger charge is 2.22. The summed E-state index contributed by atoms with van der Waals surface area (Å²) in [5.74, 6) is 1.60. The molecule has 0 N–H and O–H groups in total. The van der Waals surface area contributed by atoms with Crippen LogP contribution in [0.2, 0.25) is 0 Å². The van der Waals surface area contributed by atoms with Gasteiger partial charge < -0.3 is 9.47 Å². The van der Waals surface area contributed by atoms with E-state index in [1.54, 1.807) is 0 Å². The van der Waals surface area contributed by atoms with Gasteiger partial charge in [0.15, 0.2) is 0 Å². The fourth-order valence-corrected chi connectivity index (χ4v) is 4.71. The van der Waals surface area contributed by atoms with Gasteiger partial charge in [0.1, 0.15) is 0 Å². The molecule has 0 spiro atoms. The fraction of sp³-hybridized carbons (Fsp3) is 0.500. The van der Waals surface area contributed by atoms with Gasteiger partial charge in [-0.05, 0) is 100 Å². The molecule has 4 nitrogen and oxygen atoms in total. The smallest absolute Gasteiger partial charge is 0.217 e. The number of aromatic nitrogens is 2. The second-order valence-electron chi connectivity index (χ2n) is 8.87. The molecule has 2 aliphatic carbocycles. The molecule has 0 saturated heterocycles. The number of rotatable bonds is 11. The second-order valence-corrected chi connectivity index (χ2v) is 8.87. The van der Waals surface area contributed by atoms with Crippen LogP contribution in [0.1, 0.15) is 73.6 Å². The number of pyridine rings is 2. The first-order valence-corrected chi connectivity index (χ1v) is 12.3. The molecule has 2 aliphatic rings. The second kappa shape index (κ2) is 11.3. The lowest BCUT2D eigenvalue weighted by Gasteiger charge is -2.22. The number of allylic oxidation sites excluding steroid dienone is 2. The van der Waals surface area contributed by atoms with Crippen LogP contribution >= 0.6 is 0 Å². The maximum atomic E-state index is 6.18. The Morgan fingerprint density at radius 3 is 1.56 bits per heavy atom. The van der Waals surface area contributed by atoms with E-state index in [1.165, 1.54) is 47.9 Å². The number of aryl methyl sites for hydroxylation is 2. The molecule has 2 aromatic rings. The van der Waals surface area contributed by atoms with Crippen molar-refractivity contribution in [1.82, 2.24) is 9.97 Å². The molecule has 0 saturated carbocycles. The van der Waals surface area contributed by atoms with Gasteiger partial charge >= 0.3 is 0 Å². The topological polar surface area (TPSA) is 44.2 Å². The number of unbranched alkanes of at least 4 members (excludes halogenated alkanes) is 2. The zero-order valence-corrected chi connectivity index (χ0v) is 19.3. The number of hydrogen-bond donors (Lipinski definition) is 0. The molecule has 4 heteroatoms. The highest BCUT2D eigenvalue weighted by molar-refractivity contribution is 5.61. The van der Waals surface area contributed by atoms with Crippen molar-refractivity contribution in [2.75, 3.05) is 13.2 Å².